The Morgan fingerprint density at radius 2 is 1.32 bits per heavy atom. The Bertz CT molecular complexity index is 638. The molecule has 31 heavy (non-hydrogen) atoms. The number of hydrogen-bond acceptors (Lipinski definition) is 9. The minimum absolute atomic E-state index is 0.113. The highest BCUT2D eigenvalue weighted by Crippen LogP contribution is 2.03. The second-order valence-electron chi connectivity index (χ2n) is 6.78. The van der Waals surface area contributed by atoms with Gasteiger partial charge in [-0.3, -0.25) is 19.2 Å². The van der Waals surface area contributed by atoms with Gasteiger partial charge in [0.15, 0.2) is 0 Å². The molecule has 4 atom stereocenters. The van der Waals surface area contributed by atoms with E-state index in [1.807, 2.05) is 0 Å². The van der Waals surface area contributed by atoms with Gasteiger partial charge in [0.05, 0.1) is 6.04 Å². The summed E-state index contributed by atoms with van der Waals surface area (Å²) in [6.45, 7) is 0.459. The van der Waals surface area contributed by atoms with Crippen molar-refractivity contribution >= 4 is 54.9 Å². The summed E-state index contributed by atoms with van der Waals surface area (Å²) in [5, 5.41) is 16.1. The predicted octanol–water partition coefficient (Wildman–Crippen LogP) is -2.89. The maximum atomic E-state index is 12.7. The van der Waals surface area contributed by atoms with Crippen molar-refractivity contribution in [2.75, 3.05) is 18.1 Å². The lowest BCUT2D eigenvalue weighted by Gasteiger charge is -2.24. The van der Waals surface area contributed by atoms with Crippen LogP contribution in [0.5, 0.6) is 0 Å². The van der Waals surface area contributed by atoms with Crippen LogP contribution in [-0.2, 0) is 24.0 Å². The van der Waals surface area contributed by atoms with E-state index in [0.29, 0.717) is 25.8 Å². The summed E-state index contributed by atoms with van der Waals surface area (Å²) in [6.07, 6.45) is 1.36. The number of hydrogen-bond donors (Lipinski definition) is 9. The summed E-state index contributed by atoms with van der Waals surface area (Å²) < 4.78 is 0. The normalized spacial score (nSPS) is 14.6. The van der Waals surface area contributed by atoms with Crippen LogP contribution in [0.1, 0.15) is 32.1 Å². The molecule has 0 spiro atoms. The number of rotatable bonds is 16. The van der Waals surface area contributed by atoms with Gasteiger partial charge in [-0.05, 0) is 25.8 Å². The van der Waals surface area contributed by atoms with E-state index in [-0.39, 0.29) is 24.3 Å². The van der Waals surface area contributed by atoms with Gasteiger partial charge < -0.3 is 38.3 Å². The third-order valence-corrected chi connectivity index (χ3v) is 4.96. The number of aliphatic carboxylic acids is 1. The van der Waals surface area contributed by atoms with E-state index in [9.17, 15) is 24.0 Å². The monoisotopic (exact) mass is 480 g/mol. The van der Waals surface area contributed by atoms with Crippen LogP contribution in [0.4, 0.5) is 0 Å². The molecule has 0 aromatic heterocycles. The number of carboxylic acids is 1. The van der Waals surface area contributed by atoms with E-state index in [1.54, 1.807) is 0 Å². The van der Waals surface area contributed by atoms with Gasteiger partial charge in [0, 0.05) is 17.9 Å². The Labute approximate surface area is 191 Å². The highest BCUT2D eigenvalue weighted by atomic mass is 32.1. The third-order valence-electron chi connectivity index (χ3n) is 4.23. The molecule has 0 heterocycles. The number of nitrogens with two attached hydrogens (primary N) is 3. The third kappa shape index (κ3) is 11.8. The average molecular weight is 481 g/mol. The Balaban J connectivity index is 5.15. The molecule has 0 radical (unpaired) electrons. The molecule has 14 heteroatoms. The van der Waals surface area contributed by atoms with Crippen molar-refractivity contribution in [3.63, 3.8) is 0 Å². The first-order valence-electron chi connectivity index (χ1n) is 9.66. The largest absolute Gasteiger partial charge is 0.480 e. The van der Waals surface area contributed by atoms with Crippen molar-refractivity contribution < 1.29 is 29.1 Å². The van der Waals surface area contributed by atoms with Crippen LogP contribution in [0, 0.1) is 0 Å². The molecule has 0 aromatic rings. The van der Waals surface area contributed by atoms with E-state index in [0.717, 1.165) is 0 Å². The molecule has 0 rings (SSSR count). The molecule has 0 fully saturated rings. The maximum Gasteiger partial charge on any atom is 0.327 e. The molecular weight excluding hydrogens is 448 g/mol. The number of amides is 4. The zero-order valence-electron chi connectivity index (χ0n) is 17.1. The summed E-state index contributed by atoms with van der Waals surface area (Å²) >= 11 is 7.85. The van der Waals surface area contributed by atoms with Crippen molar-refractivity contribution in [1.82, 2.24) is 16.0 Å². The number of unbranched alkanes of at least 4 members (excludes halogenated alkanes) is 1. The fourth-order valence-corrected chi connectivity index (χ4v) is 2.90. The van der Waals surface area contributed by atoms with E-state index in [2.05, 4.69) is 41.2 Å². The van der Waals surface area contributed by atoms with E-state index in [4.69, 9.17) is 22.3 Å². The predicted molar refractivity (Wildman–Crippen MR) is 120 cm³/mol. The van der Waals surface area contributed by atoms with Crippen LogP contribution >= 0.6 is 25.3 Å². The van der Waals surface area contributed by atoms with Crippen LogP contribution in [-0.4, -0.2) is 76.9 Å². The summed E-state index contributed by atoms with van der Waals surface area (Å²) in [6, 6.07) is -4.52. The quantitative estimate of drug-likeness (QED) is 0.0822. The Morgan fingerprint density at radius 1 is 0.806 bits per heavy atom. The van der Waals surface area contributed by atoms with E-state index >= 15 is 0 Å². The first kappa shape index (κ1) is 29.0. The Hall–Kier alpha value is -2.03. The molecule has 0 aliphatic carbocycles. The van der Waals surface area contributed by atoms with Crippen LogP contribution in [0.3, 0.4) is 0 Å². The molecule has 4 unspecified atom stereocenters. The number of nitrogens with one attached hydrogen (secondary N) is 3. The molecule has 0 saturated heterocycles. The molecule has 12 nitrogen and oxygen atoms in total. The van der Waals surface area contributed by atoms with Crippen molar-refractivity contribution in [2.24, 2.45) is 17.2 Å². The lowest BCUT2D eigenvalue weighted by Crippen LogP contribution is -2.58. The van der Waals surface area contributed by atoms with Crippen LogP contribution < -0.4 is 33.2 Å². The standard InChI is InChI=1S/C17H32N6O6S2/c18-6-2-1-3-9(19)14(25)21-10(4-5-13(20)24)15(26)22-11(7-30)16(27)23-12(8-31)17(28)29/h9-12,30-31H,1-8,18-19H2,(H2,20,24)(H,21,25)(H,22,26)(H,23,27)(H,28,29). The Morgan fingerprint density at radius 3 is 1.81 bits per heavy atom. The number of carbonyl (C=O) groups excluding carboxylic acids is 4. The molecule has 0 bridgehead atoms. The molecular formula is C17H32N6O6S2. The maximum absolute atomic E-state index is 12.7. The summed E-state index contributed by atoms with van der Waals surface area (Å²) in [4.78, 5) is 59.4. The highest BCUT2D eigenvalue weighted by Gasteiger charge is 2.29. The molecule has 178 valence electrons. The minimum atomic E-state index is -1.29. The molecule has 0 saturated carbocycles. The number of primary amides is 1. The molecule has 4 amide bonds. The van der Waals surface area contributed by atoms with Gasteiger partial charge in [-0.1, -0.05) is 6.42 Å². The fraction of sp³-hybridized carbons (Fsp3) is 0.706. The van der Waals surface area contributed by atoms with Gasteiger partial charge in [-0.2, -0.15) is 25.3 Å². The van der Waals surface area contributed by atoms with Crippen molar-refractivity contribution in [3.05, 3.63) is 0 Å². The number of carboxylic acid groups (broad SMARTS) is 1. The topological polar surface area (TPSA) is 220 Å². The zero-order valence-corrected chi connectivity index (χ0v) is 18.9. The second kappa shape index (κ2) is 15.7. The summed E-state index contributed by atoms with van der Waals surface area (Å²) in [7, 11) is 0. The first-order chi connectivity index (χ1) is 14.6. The van der Waals surface area contributed by atoms with Gasteiger partial charge in [-0.25, -0.2) is 4.79 Å². The van der Waals surface area contributed by atoms with E-state index in [1.165, 1.54) is 0 Å². The first-order valence-corrected chi connectivity index (χ1v) is 10.9. The molecule has 0 aliphatic heterocycles. The lowest BCUT2D eigenvalue weighted by atomic mass is 10.1. The number of thiol groups is 2. The van der Waals surface area contributed by atoms with Crippen molar-refractivity contribution in [3.8, 4) is 0 Å². The molecule has 0 aliphatic rings. The van der Waals surface area contributed by atoms with Gasteiger partial charge in [0.25, 0.3) is 0 Å². The van der Waals surface area contributed by atoms with Gasteiger partial charge in [0.2, 0.25) is 23.6 Å². The van der Waals surface area contributed by atoms with Crippen molar-refractivity contribution in [2.45, 2.75) is 56.3 Å². The lowest BCUT2D eigenvalue weighted by molar-refractivity contribution is -0.141. The van der Waals surface area contributed by atoms with Gasteiger partial charge in [0.1, 0.15) is 18.1 Å². The molecule has 10 N–H and O–H groups in total. The second-order valence-corrected chi connectivity index (χ2v) is 7.51. The van der Waals surface area contributed by atoms with E-state index < -0.39 is 53.8 Å². The SMILES string of the molecule is NCCCCC(N)C(=O)NC(CCC(N)=O)C(=O)NC(CS)C(=O)NC(CS)C(=O)O. The fourth-order valence-electron chi connectivity index (χ4n) is 2.40. The molecule has 0 aromatic carbocycles. The number of carbonyl (C=O) groups is 5. The minimum Gasteiger partial charge on any atom is -0.480 e. The summed E-state index contributed by atoms with van der Waals surface area (Å²) in [5.41, 5.74) is 16.4. The van der Waals surface area contributed by atoms with Crippen LogP contribution in [0.25, 0.3) is 0 Å². The zero-order chi connectivity index (χ0) is 24.0. The van der Waals surface area contributed by atoms with Gasteiger partial charge in [-0.15, -0.1) is 0 Å². The highest BCUT2D eigenvalue weighted by molar-refractivity contribution is 7.80. The van der Waals surface area contributed by atoms with Crippen LogP contribution in [0.15, 0.2) is 0 Å². The van der Waals surface area contributed by atoms with Gasteiger partial charge >= 0.3 is 5.97 Å². The average Bonchev–Trinajstić information content (AvgIpc) is 2.72. The summed E-state index contributed by atoms with van der Waals surface area (Å²) in [5.74, 6) is -4.43. The van der Waals surface area contributed by atoms with Crippen LogP contribution in [0.2, 0.25) is 0 Å². The Kier molecular flexibility index (Phi) is 14.7. The van der Waals surface area contributed by atoms with Crippen molar-refractivity contribution in [1.29, 1.82) is 0 Å². The smallest absolute Gasteiger partial charge is 0.327 e.